The maximum atomic E-state index is 6.23. The molecule has 1 aliphatic rings. The van der Waals surface area contributed by atoms with Crippen LogP contribution in [0.5, 0.6) is 5.75 Å². The van der Waals surface area contributed by atoms with Gasteiger partial charge in [0, 0.05) is 5.46 Å². The highest BCUT2D eigenvalue weighted by molar-refractivity contribution is 6.64. The molecular formula is C22H25BN2O3. The highest BCUT2D eigenvalue weighted by Crippen LogP contribution is 2.37. The van der Waals surface area contributed by atoms with Gasteiger partial charge in [0.05, 0.1) is 34.1 Å². The summed E-state index contributed by atoms with van der Waals surface area (Å²) in [6.07, 6.45) is 1.76. The third-order valence-corrected chi connectivity index (χ3v) is 5.51. The average molecular weight is 376 g/mol. The van der Waals surface area contributed by atoms with Gasteiger partial charge in [-0.3, -0.25) is 4.98 Å². The standard InChI is InChI=1S/C22H25BN2O3/c1-15-11-18(23-27-21(2,3)22(4,5)28-23)20-19(12-15)25-16(13-24-20)14-26-17-9-7-6-8-10-17/h6-13H,14H2,1-5H3. The average Bonchev–Trinajstić information content (AvgIpc) is 2.87. The first-order chi connectivity index (χ1) is 13.2. The number of aromatic nitrogens is 2. The maximum absolute atomic E-state index is 6.23. The molecule has 1 aliphatic heterocycles. The van der Waals surface area contributed by atoms with Crippen LogP contribution in [-0.4, -0.2) is 28.3 Å². The van der Waals surface area contributed by atoms with Gasteiger partial charge in [0.15, 0.2) is 0 Å². The molecule has 2 aromatic carbocycles. The van der Waals surface area contributed by atoms with E-state index in [9.17, 15) is 0 Å². The monoisotopic (exact) mass is 376 g/mol. The third kappa shape index (κ3) is 3.50. The molecule has 144 valence electrons. The predicted octanol–water partition coefficient (Wildman–Crippen LogP) is 3.82. The molecule has 0 aliphatic carbocycles. The van der Waals surface area contributed by atoms with Gasteiger partial charge in [-0.1, -0.05) is 24.3 Å². The Morgan fingerprint density at radius 2 is 1.68 bits per heavy atom. The number of rotatable bonds is 4. The van der Waals surface area contributed by atoms with Crippen molar-refractivity contribution >= 4 is 23.6 Å². The molecule has 1 fully saturated rings. The fraction of sp³-hybridized carbons (Fsp3) is 0.364. The minimum atomic E-state index is -0.465. The van der Waals surface area contributed by atoms with Crippen LogP contribution in [0.15, 0.2) is 48.7 Å². The maximum Gasteiger partial charge on any atom is 0.497 e. The summed E-state index contributed by atoms with van der Waals surface area (Å²) in [5, 5.41) is 0. The molecule has 0 atom stereocenters. The number of nitrogens with zero attached hydrogens (tertiary/aromatic N) is 2. The van der Waals surface area contributed by atoms with E-state index in [2.05, 4.69) is 38.7 Å². The number of benzene rings is 2. The molecule has 3 aromatic rings. The van der Waals surface area contributed by atoms with Gasteiger partial charge in [0.2, 0.25) is 0 Å². The Morgan fingerprint density at radius 1 is 1.00 bits per heavy atom. The van der Waals surface area contributed by atoms with E-state index in [1.54, 1.807) is 6.20 Å². The van der Waals surface area contributed by atoms with E-state index in [-0.39, 0.29) is 0 Å². The Kier molecular flexibility index (Phi) is 4.64. The molecule has 1 saturated heterocycles. The molecule has 0 N–H and O–H groups in total. The van der Waals surface area contributed by atoms with Crippen LogP contribution in [0.2, 0.25) is 0 Å². The van der Waals surface area contributed by atoms with E-state index in [1.807, 2.05) is 43.3 Å². The van der Waals surface area contributed by atoms with Crippen LogP contribution in [0.1, 0.15) is 39.0 Å². The number of para-hydroxylation sites is 1. The largest absolute Gasteiger partial charge is 0.497 e. The first-order valence-corrected chi connectivity index (χ1v) is 9.55. The molecule has 0 spiro atoms. The molecule has 0 unspecified atom stereocenters. The Bertz CT molecular complexity index is 989. The molecule has 0 bridgehead atoms. The summed E-state index contributed by atoms with van der Waals surface area (Å²) in [4.78, 5) is 9.43. The van der Waals surface area contributed by atoms with Crippen molar-refractivity contribution < 1.29 is 14.0 Å². The van der Waals surface area contributed by atoms with E-state index in [0.717, 1.165) is 33.5 Å². The summed E-state index contributed by atoms with van der Waals surface area (Å²) in [6, 6.07) is 13.8. The van der Waals surface area contributed by atoms with Gasteiger partial charge < -0.3 is 14.0 Å². The van der Waals surface area contributed by atoms with Crippen LogP contribution in [-0.2, 0) is 15.9 Å². The summed E-state index contributed by atoms with van der Waals surface area (Å²) in [7, 11) is -0.465. The normalized spacial score (nSPS) is 17.8. The lowest BCUT2D eigenvalue weighted by molar-refractivity contribution is 0.00578. The Labute approximate surface area is 166 Å². The number of fused-ring (bicyclic) bond motifs is 1. The predicted molar refractivity (Wildman–Crippen MR) is 111 cm³/mol. The molecular weight excluding hydrogens is 351 g/mol. The van der Waals surface area contributed by atoms with E-state index >= 15 is 0 Å². The molecule has 5 nitrogen and oxygen atoms in total. The Hall–Kier alpha value is -2.44. The van der Waals surface area contributed by atoms with Gasteiger partial charge >= 0.3 is 7.12 Å². The fourth-order valence-electron chi connectivity index (χ4n) is 3.23. The second-order valence-electron chi connectivity index (χ2n) is 8.27. The minimum Gasteiger partial charge on any atom is -0.487 e. The second kappa shape index (κ2) is 6.87. The van der Waals surface area contributed by atoms with Crippen molar-refractivity contribution in [2.24, 2.45) is 0 Å². The van der Waals surface area contributed by atoms with Crippen molar-refractivity contribution in [1.29, 1.82) is 0 Å². The molecule has 4 rings (SSSR count). The van der Waals surface area contributed by atoms with E-state index < -0.39 is 18.3 Å². The number of hydrogen-bond acceptors (Lipinski definition) is 5. The van der Waals surface area contributed by atoms with Crippen LogP contribution in [0, 0.1) is 6.92 Å². The van der Waals surface area contributed by atoms with Crippen molar-refractivity contribution in [2.75, 3.05) is 0 Å². The number of aryl methyl sites for hydroxylation is 1. The third-order valence-electron chi connectivity index (χ3n) is 5.51. The van der Waals surface area contributed by atoms with E-state index in [0.29, 0.717) is 6.61 Å². The lowest BCUT2D eigenvalue weighted by Gasteiger charge is -2.32. The highest BCUT2D eigenvalue weighted by Gasteiger charge is 2.52. The lowest BCUT2D eigenvalue weighted by atomic mass is 9.77. The van der Waals surface area contributed by atoms with E-state index in [4.69, 9.17) is 19.0 Å². The van der Waals surface area contributed by atoms with Gasteiger partial charge in [-0.15, -0.1) is 0 Å². The summed E-state index contributed by atoms with van der Waals surface area (Å²) < 4.78 is 18.3. The van der Waals surface area contributed by atoms with Crippen LogP contribution in [0.25, 0.3) is 11.0 Å². The van der Waals surface area contributed by atoms with Gasteiger partial charge in [-0.25, -0.2) is 4.98 Å². The first kappa shape index (κ1) is 18.9. The quantitative estimate of drug-likeness (QED) is 0.648. The first-order valence-electron chi connectivity index (χ1n) is 9.55. The van der Waals surface area contributed by atoms with Crippen LogP contribution >= 0.6 is 0 Å². The Balaban J connectivity index is 1.64. The summed E-state index contributed by atoms with van der Waals surface area (Å²) in [6.45, 7) is 10.6. The van der Waals surface area contributed by atoms with Crippen molar-refractivity contribution in [2.45, 2.75) is 52.4 Å². The van der Waals surface area contributed by atoms with Crippen LogP contribution < -0.4 is 10.2 Å². The van der Waals surface area contributed by atoms with Crippen LogP contribution in [0.4, 0.5) is 0 Å². The highest BCUT2D eigenvalue weighted by atomic mass is 16.7. The summed E-state index contributed by atoms with van der Waals surface area (Å²) >= 11 is 0. The summed E-state index contributed by atoms with van der Waals surface area (Å²) in [5.41, 5.74) is 3.60. The summed E-state index contributed by atoms with van der Waals surface area (Å²) in [5.74, 6) is 0.812. The molecule has 0 radical (unpaired) electrons. The zero-order valence-corrected chi connectivity index (χ0v) is 17.0. The minimum absolute atomic E-state index is 0.368. The van der Waals surface area contributed by atoms with Gasteiger partial charge in [0.25, 0.3) is 0 Å². The van der Waals surface area contributed by atoms with Crippen molar-refractivity contribution in [3.05, 3.63) is 59.9 Å². The van der Waals surface area contributed by atoms with Gasteiger partial charge in [0.1, 0.15) is 12.4 Å². The topological polar surface area (TPSA) is 53.5 Å². The van der Waals surface area contributed by atoms with Crippen molar-refractivity contribution in [3.63, 3.8) is 0 Å². The van der Waals surface area contributed by atoms with Gasteiger partial charge in [-0.05, 0) is 58.4 Å². The second-order valence-corrected chi connectivity index (χ2v) is 8.27. The fourth-order valence-corrected chi connectivity index (χ4v) is 3.23. The molecule has 6 heteroatoms. The lowest BCUT2D eigenvalue weighted by Crippen LogP contribution is -2.41. The zero-order valence-electron chi connectivity index (χ0n) is 17.0. The smallest absolute Gasteiger partial charge is 0.487 e. The number of hydrogen-bond donors (Lipinski definition) is 0. The molecule has 0 amide bonds. The van der Waals surface area contributed by atoms with Crippen molar-refractivity contribution in [3.8, 4) is 5.75 Å². The van der Waals surface area contributed by atoms with Gasteiger partial charge in [-0.2, -0.15) is 0 Å². The zero-order chi connectivity index (χ0) is 19.9. The van der Waals surface area contributed by atoms with E-state index in [1.165, 1.54) is 0 Å². The molecule has 0 saturated carbocycles. The van der Waals surface area contributed by atoms with Crippen molar-refractivity contribution in [1.82, 2.24) is 9.97 Å². The molecule has 28 heavy (non-hydrogen) atoms. The molecule has 1 aromatic heterocycles. The Morgan fingerprint density at radius 3 is 2.36 bits per heavy atom. The SMILES string of the molecule is Cc1cc(B2OC(C)(C)C(C)(C)O2)c2ncc(COc3ccccc3)nc2c1. The molecule has 2 heterocycles. The van der Waals surface area contributed by atoms with Crippen LogP contribution in [0.3, 0.4) is 0 Å². The number of ether oxygens (including phenoxy) is 1.